The van der Waals surface area contributed by atoms with Gasteiger partial charge in [-0.2, -0.15) is 0 Å². The van der Waals surface area contributed by atoms with Gasteiger partial charge in [0.1, 0.15) is 11.6 Å². The molecule has 0 spiro atoms. The number of nitrogens with zero attached hydrogens (tertiary/aromatic N) is 2. The van der Waals surface area contributed by atoms with E-state index in [1.165, 1.54) is 0 Å². The van der Waals surface area contributed by atoms with Crippen LogP contribution in [0.25, 0.3) is 0 Å². The number of benzene rings is 1. The highest BCUT2D eigenvalue weighted by Crippen LogP contribution is 2.30. The van der Waals surface area contributed by atoms with Gasteiger partial charge in [-0.25, -0.2) is 0 Å². The Morgan fingerprint density at radius 2 is 2.07 bits per heavy atom. The lowest BCUT2D eigenvalue weighted by molar-refractivity contribution is -0.136. The maximum absolute atomic E-state index is 12.7. The number of hydrogen-bond donors (Lipinski definition) is 2. The number of carbonyl (C=O) groups excluding carboxylic acids is 3. The van der Waals surface area contributed by atoms with Crippen LogP contribution in [0.4, 0.5) is 0 Å². The fourth-order valence-corrected chi connectivity index (χ4v) is 4.21. The Bertz CT molecular complexity index is 797. The normalized spacial score (nSPS) is 24.6. The summed E-state index contributed by atoms with van der Waals surface area (Å²) in [6.07, 6.45) is 0.641. The van der Waals surface area contributed by atoms with Crippen molar-refractivity contribution in [2.45, 2.75) is 37.6 Å². The second kappa shape index (κ2) is 6.70. The zero-order valence-corrected chi connectivity index (χ0v) is 15.4. The largest absolute Gasteiger partial charge is 0.374 e. The number of hydrogen-bond acceptors (Lipinski definition) is 6. The summed E-state index contributed by atoms with van der Waals surface area (Å²) >= 11 is 0. The standard InChI is InChI=1S/C19H24N4O4/c1-27-19(9-20)10-22(11-19)7-12-2-3-14-13(6-12)8-23(18(14)26)15-4-5-16(24)21-17(15)25/h2-3,6,15H,4-5,7-11,20H2,1H3,(H,21,24,25). The van der Waals surface area contributed by atoms with Gasteiger partial charge in [0, 0.05) is 51.8 Å². The Hall–Kier alpha value is -2.29. The van der Waals surface area contributed by atoms with Crippen molar-refractivity contribution >= 4 is 17.7 Å². The quantitative estimate of drug-likeness (QED) is 0.682. The third-order valence-corrected chi connectivity index (χ3v) is 5.82. The van der Waals surface area contributed by atoms with Crippen LogP contribution in [-0.2, 0) is 27.4 Å². The van der Waals surface area contributed by atoms with Crippen LogP contribution in [-0.4, -0.2) is 65.9 Å². The molecule has 3 heterocycles. The van der Waals surface area contributed by atoms with E-state index in [1.54, 1.807) is 12.0 Å². The van der Waals surface area contributed by atoms with E-state index in [4.69, 9.17) is 10.5 Å². The second-order valence-corrected chi connectivity index (χ2v) is 7.63. The first-order chi connectivity index (χ1) is 12.9. The number of nitrogens with one attached hydrogen (secondary N) is 1. The van der Waals surface area contributed by atoms with Crippen molar-refractivity contribution in [2.24, 2.45) is 5.73 Å². The number of fused-ring (bicyclic) bond motifs is 1. The second-order valence-electron chi connectivity index (χ2n) is 7.63. The van der Waals surface area contributed by atoms with E-state index in [2.05, 4.69) is 10.2 Å². The molecule has 3 aliphatic rings. The molecule has 1 aromatic carbocycles. The van der Waals surface area contributed by atoms with Gasteiger partial charge in [-0.15, -0.1) is 0 Å². The van der Waals surface area contributed by atoms with Crippen LogP contribution in [0.2, 0.25) is 0 Å². The van der Waals surface area contributed by atoms with Crippen molar-refractivity contribution < 1.29 is 19.1 Å². The van der Waals surface area contributed by atoms with E-state index in [1.807, 2.05) is 18.2 Å². The number of ether oxygens (including phenoxy) is 1. The smallest absolute Gasteiger partial charge is 0.255 e. The molecule has 0 radical (unpaired) electrons. The van der Waals surface area contributed by atoms with Gasteiger partial charge in [0.2, 0.25) is 11.8 Å². The molecule has 2 fully saturated rings. The third-order valence-electron chi connectivity index (χ3n) is 5.82. The molecule has 2 saturated heterocycles. The minimum absolute atomic E-state index is 0.142. The Balaban J connectivity index is 1.44. The average molecular weight is 372 g/mol. The monoisotopic (exact) mass is 372 g/mol. The lowest BCUT2D eigenvalue weighted by Crippen LogP contribution is -2.65. The maximum atomic E-state index is 12.7. The van der Waals surface area contributed by atoms with Crippen LogP contribution in [0, 0.1) is 0 Å². The Morgan fingerprint density at radius 3 is 2.74 bits per heavy atom. The first kappa shape index (κ1) is 18.1. The highest BCUT2D eigenvalue weighted by Gasteiger charge is 2.42. The summed E-state index contributed by atoms with van der Waals surface area (Å²) in [5.74, 6) is -0.802. The lowest BCUT2D eigenvalue weighted by atomic mass is 9.93. The molecule has 1 atom stereocenters. The van der Waals surface area contributed by atoms with Crippen molar-refractivity contribution in [3.63, 3.8) is 0 Å². The molecular weight excluding hydrogens is 348 g/mol. The molecule has 0 bridgehead atoms. The first-order valence-corrected chi connectivity index (χ1v) is 9.19. The number of methoxy groups -OCH3 is 1. The van der Waals surface area contributed by atoms with Gasteiger partial charge in [-0.05, 0) is 23.6 Å². The molecule has 3 amide bonds. The molecular formula is C19H24N4O4. The Morgan fingerprint density at radius 1 is 1.30 bits per heavy atom. The van der Waals surface area contributed by atoms with Gasteiger partial charge in [0.25, 0.3) is 5.91 Å². The summed E-state index contributed by atoms with van der Waals surface area (Å²) in [5.41, 5.74) is 8.23. The zero-order chi connectivity index (χ0) is 19.2. The molecule has 0 aromatic heterocycles. The van der Waals surface area contributed by atoms with Crippen LogP contribution >= 0.6 is 0 Å². The molecule has 4 rings (SSSR count). The van der Waals surface area contributed by atoms with Crippen LogP contribution in [0.3, 0.4) is 0 Å². The summed E-state index contributed by atoms with van der Waals surface area (Å²) in [6.45, 7) is 3.25. The van der Waals surface area contributed by atoms with Crippen molar-refractivity contribution in [1.29, 1.82) is 0 Å². The van der Waals surface area contributed by atoms with Gasteiger partial charge in [0.15, 0.2) is 0 Å². The van der Waals surface area contributed by atoms with Gasteiger partial charge >= 0.3 is 0 Å². The van der Waals surface area contributed by atoms with E-state index in [0.717, 1.165) is 30.8 Å². The van der Waals surface area contributed by atoms with Crippen LogP contribution in [0.1, 0.15) is 34.3 Å². The number of piperidine rings is 1. The molecule has 8 nitrogen and oxygen atoms in total. The van der Waals surface area contributed by atoms with Crippen LogP contribution in [0.15, 0.2) is 18.2 Å². The number of nitrogens with two attached hydrogens (primary N) is 1. The van der Waals surface area contributed by atoms with Crippen molar-refractivity contribution in [3.8, 4) is 0 Å². The summed E-state index contributed by atoms with van der Waals surface area (Å²) in [5, 5.41) is 2.32. The van der Waals surface area contributed by atoms with Crippen LogP contribution in [0.5, 0.6) is 0 Å². The molecule has 3 aliphatic heterocycles. The Labute approximate surface area is 157 Å². The SMILES string of the molecule is COC1(CN)CN(Cc2ccc3c(c2)CN(C2CCC(=O)NC2=O)C3=O)C1. The zero-order valence-electron chi connectivity index (χ0n) is 15.4. The lowest BCUT2D eigenvalue weighted by Gasteiger charge is -2.48. The number of imide groups is 1. The average Bonchev–Trinajstić information content (AvgIpc) is 2.94. The van der Waals surface area contributed by atoms with E-state index in [-0.39, 0.29) is 29.7 Å². The topological polar surface area (TPSA) is 105 Å². The van der Waals surface area contributed by atoms with Gasteiger partial charge < -0.3 is 15.4 Å². The highest BCUT2D eigenvalue weighted by atomic mass is 16.5. The third kappa shape index (κ3) is 3.13. The minimum Gasteiger partial charge on any atom is -0.374 e. The van der Waals surface area contributed by atoms with E-state index in [0.29, 0.717) is 25.1 Å². The molecule has 1 aromatic rings. The Kier molecular flexibility index (Phi) is 4.49. The highest BCUT2D eigenvalue weighted by molar-refractivity contribution is 6.05. The van der Waals surface area contributed by atoms with Gasteiger partial charge in [0.05, 0.1) is 0 Å². The van der Waals surface area contributed by atoms with Gasteiger partial charge in [-0.1, -0.05) is 12.1 Å². The summed E-state index contributed by atoms with van der Waals surface area (Å²) in [6, 6.07) is 5.26. The fraction of sp³-hybridized carbons (Fsp3) is 0.526. The first-order valence-electron chi connectivity index (χ1n) is 9.19. The van der Waals surface area contributed by atoms with E-state index >= 15 is 0 Å². The van der Waals surface area contributed by atoms with Crippen molar-refractivity contribution in [2.75, 3.05) is 26.7 Å². The van der Waals surface area contributed by atoms with Crippen LogP contribution < -0.4 is 11.1 Å². The van der Waals surface area contributed by atoms with E-state index in [9.17, 15) is 14.4 Å². The van der Waals surface area contributed by atoms with Gasteiger partial charge in [-0.3, -0.25) is 24.6 Å². The molecule has 0 saturated carbocycles. The van der Waals surface area contributed by atoms with Crippen molar-refractivity contribution in [3.05, 3.63) is 34.9 Å². The molecule has 3 N–H and O–H groups in total. The molecule has 144 valence electrons. The molecule has 1 unspecified atom stereocenters. The fourth-order valence-electron chi connectivity index (χ4n) is 4.21. The molecule has 0 aliphatic carbocycles. The summed E-state index contributed by atoms with van der Waals surface area (Å²) in [4.78, 5) is 40.0. The number of likely N-dealkylation sites (tertiary alicyclic amines) is 1. The summed E-state index contributed by atoms with van der Waals surface area (Å²) in [7, 11) is 1.69. The number of amides is 3. The predicted octanol–water partition coefficient (Wildman–Crippen LogP) is -0.393. The summed E-state index contributed by atoms with van der Waals surface area (Å²) < 4.78 is 5.50. The molecule has 27 heavy (non-hydrogen) atoms. The van der Waals surface area contributed by atoms with Crippen molar-refractivity contribution in [1.82, 2.24) is 15.1 Å². The maximum Gasteiger partial charge on any atom is 0.255 e. The molecule has 8 heteroatoms. The van der Waals surface area contributed by atoms with E-state index < -0.39 is 6.04 Å². The number of carbonyl (C=O) groups is 3. The predicted molar refractivity (Wildman–Crippen MR) is 96.6 cm³/mol. The number of rotatable bonds is 5. The minimum atomic E-state index is -0.576.